The van der Waals surface area contributed by atoms with E-state index in [4.69, 9.17) is 0 Å². The number of amides is 1. The molecule has 0 aliphatic rings. The summed E-state index contributed by atoms with van der Waals surface area (Å²) in [6.07, 6.45) is -10.4. The van der Waals surface area contributed by atoms with Crippen LogP contribution in [0.4, 0.5) is 26.3 Å². The molecule has 1 rings (SSSR count). The fraction of sp³-hybridized carbons (Fsp3) is 0.474. The molecule has 0 aliphatic carbocycles. The Balaban J connectivity index is 3.47. The number of benzene rings is 1. The Morgan fingerprint density at radius 1 is 0.758 bits per heavy atom. The molecule has 1 aromatic carbocycles. The predicted octanol–water partition coefficient (Wildman–Crippen LogP) is 2.59. The van der Waals surface area contributed by atoms with E-state index in [-0.39, 0.29) is 18.2 Å². The van der Waals surface area contributed by atoms with Gasteiger partial charge in [0.2, 0.25) is 0 Å². The van der Waals surface area contributed by atoms with Crippen LogP contribution < -0.4 is 5.32 Å². The average molecular weight is 487 g/mol. The minimum absolute atomic E-state index is 0.154. The quantitative estimate of drug-likeness (QED) is 0.273. The molecule has 1 amide bonds. The number of esters is 3. The van der Waals surface area contributed by atoms with Crippen LogP contribution in [0.2, 0.25) is 0 Å². The molecule has 14 heteroatoms. The van der Waals surface area contributed by atoms with Crippen LogP contribution in [-0.4, -0.2) is 51.2 Å². The first-order valence-corrected chi connectivity index (χ1v) is 8.92. The van der Waals surface area contributed by atoms with Gasteiger partial charge in [-0.25, -0.2) is 4.79 Å². The van der Waals surface area contributed by atoms with Crippen molar-refractivity contribution in [1.82, 2.24) is 5.32 Å². The lowest BCUT2D eigenvalue weighted by molar-refractivity contribution is -0.163. The molecule has 0 unspecified atom stereocenters. The van der Waals surface area contributed by atoms with Crippen LogP contribution in [0.3, 0.4) is 0 Å². The largest absolute Gasteiger partial charge is 0.468 e. The molecule has 8 nitrogen and oxygen atoms in total. The second-order valence-electron chi connectivity index (χ2n) is 6.65. The van der Waals surface area contributed by atoms with E-state index in [2.05, 4.69) is 14.2 Å². The number of carbonyl (C=O) groups excluding carboxylic acids is 4. The summed E-state index contributed by atoms with van der Waals surface area (Å²) in [5, 5.41) is 1.92. The van der Waals surface area contributed by atoms with Crippen molar-refractivity contribution in [2.45, 2.75) is 25.3 Å². The van der Waals surface area contributed by atoms with Crippen molar-refractivity contribution in [3.05, 3.63) is 34.9 Å². The standard InChI is InChI=1S/C19H19F6NO7/c1-8(12(15(28)31-2)16(29)32-3)13(17(30)33-4)26-14(27)9-5-10(18(20,21)22)7-11(6-9)19(23,24)25/h5-8,12-13H,1-4H3,(H,26,27)/t8-,13-/m1/s1. The van der Waals surface area contributed by atoms with E-state index >= 15 is 0 Å². The molecule has 33 heavy (non-hydrogen) atoms. The van der Waals surface area contributed by atoms with Crippen LogP contribution in [0.1, 0.15) is 28.4 Å². The van der Waals surface area contributed by atoms with Gasteiger partial charge in [-0.3, -0.25) is 14.4 Å². The first-order chi connectivity index (χ1) is 15.1. The smallest absolute Gasteiger partial charge is 0.416 e. The van der Waals surface area contributed by atoms with Crippen molar-refractivity contribution < 1.29 is 59.7 Å². The highest BCUT2D eigenvalue weighted by atomic mass is 19.4. The molecular weight excluding hydrogens is 468 g/mol. The van der Waals surface area contributed by atoms with Gasteiger partial charge in [0.25, 0.3) is 5.91 Å². The molecule has 0 spiro atoms. The van der Waals surface area contributed by atoms with Gasteiger partial charge < -0.3 is 19.5 Å². The summed E-state index contributed by atoms with van der Waals surface area (Å²) in [4.78, 5) is 48.7. The molecule has 0 aliphatic heterocycles. The zero-order chi connectivity index (χ0) is 25.7. The maximum absolute atomic E-state index is 13.1. The summed E-state index contributed by atoms with van der Waals surface area (Å²) in [7, 11) is 2.70. The highest BCUT2D eigenvalue weighted by molar-refractivity contribution is 5.99. The van der Waals surface area contributed by atoms with E-state index in [1.54, 1.807) is 0 Å². The van der Waals surface area contributed by atoms with Crippen LogP contribution in [0, 0.1) is 11.8 Å². The molecule has 0 bridgehead atoms. The molecule has 0 radical (unpaired) electrons. The maximum atomic E-state index is 13.1. The normalized spacial score (nSPS) is 13.7. The molecule has 0 aromatic heterocycles. The summed E-state index contributed by atoms with van der Waals surface area (Å²) in [6, 6.07) is -1.72. The minimum Gasteiger partial charge on any atom is -0.468 e. The van der Waals surface area contributed by atoms with Gasteiger partial charge in [-0.1, -0.05) is 6.92 Å². The Bertz CT molecular complexity index is 865. The minimum atomic E-state index is -5.22. The Morgan fingerprint density at radius 2 is 1.15 bits per heavy atom. The van der Waals surface area contributed by atoms with Gasteiger partial charge in [0.15, 0.2) is 5.92 Å². The molecule has 1 N–H and O–H groups in total. The topological polar surface area (TPSA) is 108 Å². The zero-order valence-electron chi connectivity index (χ0n) is 17.6. The van der Waals surface area contributed by atoms with E-state index in [0.717, 1.165) is 28.3 Å². The number of hydrogen-bond donors (Lipinski definition) is 1. The van der Waals surface area contributed by atoms with E-state index in [1.807, 2.05) is 5.32 Å². The van der Waals surface area contributed by atoms with E-state index < -0.39 is 70.7 Å². The lowest BCUT2D eigenvalue weighted by Gasteiger charge is -2.27. The van der Waals surface area contributed by atoms with E-state index in [1.165, 1.54) is 0 Å². The lowest BCUT2D eigenvalue weighted by Crippen LogP contribution is -2.51. The predicted molar refractivity (Wildman–Crippen MR) is 96.4 cm³/mol. The summed E-state index contributed by atoms with van der Waals surface area (Å²) in [6.45, 7) is 1.12. The first kappa shape index (κ1) is 27.7. The van der Waals surface area contributed by atoms with Gasteiger partial charge in [-0.05, 0) is 18.2 Å². The number of nitrogens with one attached hydrogen (secondary N) is 1. The third kappa shape index (κ3) is 6.83. The molecule has 0 fully saturated rings. The summed E-state index contributed by atoms with van der Waals surface area (Å²) in [5.74, 6) is -8.32. The number of ether oxygens (including phenoxy) is 3. The van der Waals surface area contributed by atoms with Crippen molar-refractivity contribution in [3.8, 4) is 0 Å². The zero-order valence-corrected chi connectivity index (χ0v) is 17.6. The third-order valence-corrected chi connectivity index (χ3v) is 4.55. The highest BCUT2D eigenvalue weighted by Gasteiger charge is 2.43. The van der Waals surface area contributed by atoms with Crippen LogP contribution in [0.25, 0.3) is 0 Å². The molecule has 0 saturated heterocycles. The molecule has 1 aromatic rings. The van der Waals surface area contributed by atoms with Gasteiger partial charge in [0.1, 0.15) is 6.04 Å². The van der Waals surface area contributed by atoms with Crippen LogP contribution in [0.5, 0.6) is 0 Å². The van der Waals surface area contributed by atoms with E-state index in [9.17, 15) is 45.5 Å². The van der Waals surface area contributed by atoms with Crippen molar-refractivity contribution in [1.29, 1.82) is 0 Å². The number of hydrogen-bond acceptors (Lipinski definition) is 7. The van der Waals surface area contributed by atoms with Crippen molar-refractivity contribution in [2.75, 3.05) is 21.3 Å². The third-order valence-electron chi connectivity index (χ3n) is 4.55. The summed E-state index contributed by atoms with van der Waals surface area (Å²) < 4.78 is 91.8. The summed E-state index contributed by atoms with van der Waals surface area (Å²) in [5.41, 5.74) is -4.59. The number of alkyl halides is 6. The number of methoxy groups -OCH3 is 3. The van der Waals surface area contributed by atoms with Gasteiger partial charge in [-0.15, -0.1) is 0 Å². The SMILES string of the molecule is COC(=O)C(C(=O)OC)[C@@H](C)[C@@H](NC(=O)c1cc(C(F)(F)F)cc(C(F)(F)F)c1)C(=O)OC. The van der Waals surface area contributed by atoms with Crippen LogP contribution >= 0.6 is 0 Å². The lowest BCUT2D eigenvalue weighted by atomic mass is 9.87. The van der Waals surface area contributed by atoms with Crippen molar-refractivity contribution >= 4 is 23.8 Å². The number of rotatable bonds is 7. The van der Waals surface area contributed by atoms with Gasteiger partial charge in [0.05, 0.1) is 32.5 Å². The van der Waals surface area contributed by atoms with Gasteiger partial charge in [-0.2, -0.15) is 26.3 Å². The van der Waals surface area contributed by atoms with Gasteiger partial charge in [0, 0.05) is 11.5 Å². The van der Waals surface area contributed by atoms with Gasteiger partial charge >= 0.3 is 30.3 Å². The Labute approximate surface area is 183 Å². The monoisotopic (exact) mass is 487 g/mol. The Hall–Kier alpha value is -3.32. The molecule has 2 atom stereocenters. The average Bonchev–Trinajstić information content (AvgIpc) is 2.74. The van der Waals surface area contributed by atoms with Crippen molar-refractivity contribution in [2.24, 2.45) is 11.8 Å². The first-order valence-electron chi connectivity index (χ1n) is 8.92. The second-order valence-corrected chi connectivity index (χ2v) is 6.65. The van der Waals surface area contributed by atoms with Crippen molar-refractivity contribution in [3.63, 3.8) is 0 Å². The number of carbonyl (C=O) groups is 4. The molecule has 0 saturated carbocycles. The molecule has 184 valence electrons. The maximum Gasteiger partial charge on any atom is 0.416 e. The second kappa shape index (κ2) is 10.5. The Morgan fingerprint density at radius 3 is 1.48 bits per heavy atom. The Kier molecular flexibility index (Phi) is 8.84. The highest BCUT2D eigenvalue weighted by Crippen LogP contribution is 2.36. The summed E-state index contributed by atoms with van der Waals surface area (Å²) >= 11 is 0. The fourth-order valence-corrected chi connectivity index (χ4v) is 2.81. The molecule has 0 heterocycles. The molecular formula is C19H19F6NO7. The van der Waals surface area contributed by atoms with Crippen LogP contribution in [0.15, 0.2) is 18.2 Å². The van der Waals surface area contributed by atoms with Crippen LogP contribution in [-0.2, 0) is 40.9 Å². The fourth-order valence-electron chi connectivity index (χ4n) is 2.81. The van der Waals surface area contributed by atoms with E-state index in [0.29, 0.717) is 0 Å². The number of halogens is 6.